The van der Waals surface area contributed by atoms with Gasteiger partial charge in [-0.25, -0.2) is 4.39 Å². The molecule has 0 N–H and O–H groups in total. The summed E-state index contributed by atoms with van der Waals surface area (Å²) in [6, 6.07) is 4.99. The van der Waals surface area contributed by atoms with Crippen LogP contribution in [-0.4, -0.2) is 17.9 Å². The van der Waals surface area contributed by atoms with Gasteiger partial charge in [-0.1, -0.05) is 17.7 Å². The lowest BCUT2D eigenvalue weighted by Gasteiger charge is -2.12. The molecule has 1 aromatic carbocycles. The molecule has 1 aliphatic rings. The van der Waals surface area contributed by atoms with Crippen molar-refractivity contribution in [2.24, 2.45) is 0 Å². The van der Waals surface area contributed by atoms with Crippen molar-refractivity contribution < 1.29 is 9.18 Å². The van der Waals surface area contributed by atoms with Crippen LogP contribution in [-0.2, 0) is 11.2 Å². The van der Waals surface area contributed by atoms with Crippen LogP contribution in [0.1, 0.15) is 5.56 Å². The highest BCUT2D eigenvalue weighted by Gasteiger charge is 2.27. The maximum atomic E-state index is 13.2. The highest BCUT2D eigenvalue weighted by atomic mass is 35.5. The minimum Gasteiger partial charge on any atom is -0.315 e. The number of nitrogens with zero attached hydrogens (tertiary/aromatic N) is 2. The van der Waals surface area contributed by atoms with Gasteiger partial charge >= 0.3 is 0 Å². The van der Waals surface area contributed by atoms with E-state index < -0.39 is 5.82 Å². The molecule has 19 heavy (non-hydrogen) atoms. The summed E-state index contributed by atoms with van der Waals surface area (Å²) in [7, 11) is 1.72. The molecule has 0 atom stereocenters. The predicted octanol–water partition coefficient (Wildman–Crippen LogP) is 3.06. The quantitative estimate of drug-likeness (QED) is 0.802. The summed E-state index contributed by atoms with van der Waals surface area (Å²) < 4.78 is 13.2. The molecule has 0 radical (unpaired) electrons. The highest BCUT2D eigenvalue weighted by Crippen LogP contribution is 2.39. The maximum absolute atomic E-state index is 13.2. The lowest BCUT2D eigenvalue weighted by atomic mass is 10.0. The molecule has 5 heteroatoms. The molecule has 0 spiro atoms. The first-order valence-electron chi connectivity index (χ1n) is 5.77. The van der Waals surface area contributed by atoms with Crippen molar-refractivity contribution >= 4 is 23.2 Å². The van der Waals surface area contributed by atoms with Crippen LogP contribution in [0.4, 0.5) is 10.1 Å². The van der Waals surface area contributed by atoms with Crippen LogP contribution in [0.15, 0.2) is 30.6 Å². The fourth-order valence-electron chi connectivity index (χ4n) is 2.28. The zero-order valence-electron chi connectivity index (χ0n) is 10.2. The number of amides is 1. The molecule has 3 rings (SSSR count). The van der Waals surface area contributed by atoms with Crippen molar-refractivity contribution in [3.05, 3.63) is 47.0 Å². The van der Waals surface area contributed by atoms with Crippen LogP contribution >= 0.6 is 11.6 Å². The second kappa shape index (κ2) is 4.31. The Kier molecular flexibility index (Phi) is 2.75. The van der Waals surface area contributed by atoms with Gasteiger partial charge in [-0.05, 0) is 12.1 Å². The Labute approximate surface area is 114 Å². The van der Waals surface area contributed by atoms with E-state index in [1.165, 1.54) is 6.07 Å². The van der Waals surface area contributed by atoms with Gasteiger partial charge in [-0.3, -0.25) is 9.78 Å². The standard InChI is InChI=1S/C14H10ClFN2O/c1-18-12-3-2-10(8-4-9(16)7-17-6-8)14(15)11(12)5-13(18)19/h2-4,6-7H,5H2,1H3. The third-order valence-electron chi connectivity index (χ3n) is 3.30. The molecular formula is C14H10ClFN2O. The van der Waals surface area contributed by atoms with E-state index in [-0.39, 0.29) is 12.3 Å². The zero-order chi connectivity index (χ0) is 13.6. The van der Waals surface area contributed by atoms with Gasteiger partial charge in [0, 0.05) is 35.6 Å². The Morgan fingerprint density at radius 1 is 1.37 bits per heavy atom. The molecule has 1 aliphatic heterocycles. The van der Waals surface area contributed by atoms with E-state index in [2.05, 4.69) is 4.98 Å². The number of rotatable bonds is 1. The monoisotopic (exact) mass is 276 g/mol. The number of halogens is 2. The third kappa shape index (κ3) is 1.88. The summed E-state index contributed by atoms with van der Waals surface area (Å²) in [6.45, 7) is 0. The van der Waals surface area contributed by atoms with E-state index in [9.17, 15) is 9.18 Å². The minimum atomic E-state index is -0.415. The molecule has 0 saturated carbocycles. The van der Waals surface area contributed by atoms with E-state index in [0.717, 1.165) is 17.4 Å². The van der Waals surface area contributed by atoms with Gasteiger partial charge < -0.3 is 4.90 Å². The van der Waals surface area contributed by atoms with Gasteiger partial charge in [0.1, 0.15) is 5.82 Å². The van der Waals surface area contributed by atoms with Crippen LogP contribution in [0.5, 0.6) is 0 Å². The zero-order valence-corrected chi connectivity index (χ0v) is 10.9. The number of carbonyl (C=O) groups is 1. The maximum Gasteiger partial charge on any atom is 0.231 e. The summed E-state index contributed by atoms with van der Waals surface area (Å²) in [4.78, 5) is 17.1. The van der Waals surface area contributed by atoms with Gasteiger partial charge in [-0.2, -0.15) is 0 Å². The summed E-state index contributed by atoms with van der Waals surface area (Å²) in [6.07, 6.45) is 2.97. The number of carbonyl (C=O) groups excluding carboxylic acids is 1. The van der Waals surface area contributed by atoms with E-state index in [1.54, 1.807) is 24.2 Å². The fourth-order valence-corrected chi connectivity index (χ4v) is 2.62. The molecule has 0 unspecified atom stereocenters. The lowest BCUT2D eigenvalue weighted by molar-refractivity contribution is -0.117. The number of anilines is 1. The molecular weight excluding hydrogens is 267 g/mol. The largest absolute Gasteiger partial charge is 0.315 e. The predicted molar refractivity (Wildman–Crippen MR) is 71.8 cm³/mol. The average molecular weight is 277 g/mol. The van der Waals surface area contributed by atoms with Gasteiger partial charge in [0.15, 0.2) is 0 Å². The Hall–Kier alpha value is -1.94. The minimum absolute atomic E-state index is 0.00594. The van der Waals surface area contributed by atoms with Crippen LogP contribution in [0.2, 0.25) is 5.02 Å². The second-order valence-electron chi connectivity index (χ2n) is 4.45. The number of likely N-dealkylation sites (N-methyl/N-ethyl adjacent to an activating group) is 1. The summed E-state index contributed by atoms with van der Waals surface area (Å²) in [5, 5.41) is 0.489. The van der Waals surface area contributed by atoms with Crippen LogP contribution in [0.3, 0.4) is 0 Å². The highest BCUT2D eigenvalue weighted by molar-refractivity contribution is 6.35. The van der Waals surface area contributed by atoms with E-state index >= 15 is 0 Å². The number of fused-ring (bicyclic) bond motifs is 1. The first-order valence-corrected chi connectivity index (χ1v) is 6.14. The van der Waals surface area contributed by atoms with Crippen molar-refractivity contribution in [2.45, 2.75) is 6.42 Å². The Balaban J connectivity index is 2.16. The van der Waals surface area contributed by atoms with Gasteiger partial charge in [0.05, 0.1) is 17.6 Å². The molecule has 2 aromatic rings. The van der Waals surface area contributed by atoms with Crippen molar-refractivity contribution in [1.82, 2.24) is 4.98 Å². The van der Waals surface area contributed by atoms with E-state index in [1.807, 2.05) is 6.07 Å². The number of hydrogen-bond acceptors (Lipinski definition) is 2. The topological polar surface area (TPSA) is 33.2 Å². The van der Waals surface area contributed by atoms with Gasteiger partial charge in [0.2, 0.25) is 5.91 Å². The van der Waals surface area contributed by atoms with Gasteiger partial charge in [-0.15, -0.1) is 0 Å². The van der Waals surface area contributed by atoms with Crippen LogP contribution in [0, 0.1) is 5.82 Å². The Bertz CT molecular complexity index is 687. The smallest absolute Gasteiger partial charge is 0.231 e. The summed E-state index contributed by atoms with van der Waals surface area (Å²) >= 11 is 6.34. The number of aromatic nitrogens is 1. The first-order chi connectivity index (χ1) is 9.08. The molecule has 0 fully saturated rings. The van der Waals surface area contributed by atoms with Crippen LogP contribution < -0.4 is 4.90 Å². The number of pyridine rings is 1. The Morgan fingerprint density at radius 3 is 2.89 bits per heavy atom. The summed E-state index contributed by atoms with van der Waals surface area (Å²) in [5.41, 5.74) is 2.89. The van der Waals surface area contributed by atoms with E-state index in [4.69, 9.17) is 11.6 Å². The number of benzene rings is 1. The summed E-state index contributed by atoms with van der Waals surface area (Å²) in [5.74, 6) is -0.409. The molecule has 1 aromatic heterocycles. The molecule has 1 amide bonds. The molecule has 0 bridgehead atoms. The molecule has 0 aliphatic carbocycles. The Morgan fingerprint density at radius 2 is 2.16 bits per heavy atom. The lowest BCUT2D eigenvalue weighted by Crippen LogP contribution is -2.20. The SMILES string of the molecule is CN1C(=O)Cc2c1ccc(-c1cncc(F)c1)c2Cl. The molecule has 2 heterocycles. The van der Waals surface area contributed by atoms with Crippen molar-refractivity contribution in [3.63, 3.8) is 0 Å². The molecule has 0 saturated heterocycles. The average Bonchev–Trinajstić information content (AvgIpc) is 2.67. The number of hydrogen-bond donors (Lipinski definition) is 0. The van der Waals surface area contributed by atoms with Crippen molar-refractivity contribution in [2.75, 3.05) is 11.9 Å². The van der Waals surface area contributed by atoms with Crippen molar-refractivity contribution in [3.8, 4) is 11.1 Å². The van der Waals surface area contributed by atoms with E-state index in [0.29, 0.717) is 16.1 Å². The first kappa shape index (κ1) is 12.1. The van der Waals surface area contributed by atoms with Crippen molar-refractivity contribution in [1.29, 1.82) is 0 Å². The fraction of sp³-hybridized carbons (Fsp3) is 0.143. The van der Waals surface area contributed by atoms with Gasteiger partial charge in [0.25, 0.3) is 0 Å². The third-order valence-corrected chi connectivity index (χ3v) is 3.73. The molecule has 3 nitrogen and oxygen atoms in total. The normalized spacial score (nSPS) is 13.8. The van der Waals surface area contributed by atoms with Crippen LogP contribution in [0.25, 0.3) is 11.1 Å². The second-order valence-corrected chi connectivity index (χ2v) is 4.82. The molecule has 96 valence electrons.